The van der Waals surface area contributed by atoms with Crippen LogP contribution in [0.25, 0.3) is 0 Å². The van der Waals surface area contributed by atoms with Gasteiger partial charge in [0, 0.05) is 12.7 Å². The Balaban J connectivity index is 1.72. The lowest BCUT2D eigenvalue weighted by atomic mass is 10.0. The van der Waals surface area contributed by atoms with E-state index >= 15 is 0 Å². The molecule has 1 aromatic rings. The normalized spacial score (nSPS) is 20.5. The number of hydrogen-bond donors (Lipinski definition) is 2. The van der Waals surface area contributed by atoms with Crippen molar-refractivity contribution < 1.29 is 9.90 Å². The highest BCUT2D eigenvalue weighted by Gasteiger charge is 2.53. The van der Waals surface area contributed by atoms with Gasteiger partial charge in [-0.05, 0) is 43.1 Å². The Morgan fingerprint density at radius 1 is 1.56 bits per heavy atom. The zero-order chi connectivity index (χ0) is 12.8. The third kappa shape index (κ3) is 2.05. The van der Waals surface area contributed by atoms with Crippen LogP contribution in [0.1, 0.15) is 36.0 Å². The van der Waals surface area contributed by atoms with Crippen LogP contribution >= 0.6 is 11.6 Å². The van der Waals surface area contributed by atoms with Crippen LogP contribution < -0.4 is 5.32 Å². The molecule has 1 aromatic heterocycles. The summed E-state index contributed by atoms with van der Waals surface area (Å²) in [6.07, 6.45) is 6.67. The second kappa shape index (κ2) is 4.12. The number of rotatable bonds is 5. The van der Waals surface area contributed by atoms with E-state index in [0.29, 0.717) is 11.2 Å². The van der Waals surface area contributed by atoms with Gasteiger partial charge in [0.1, 0.15) is 5.82 Å². The summed E-state index contributed by atoms with van der Waals surface area (Å²) in [7, 11) is 0. The molecule has 2 N–H and O–H groups in total. The third-order valence-electron chi connectivity index (χ3n) is 4.06. The van der Waals surface area contributed by atoms with Crippen molar-refractivity contribution in [1.29, 1.82) is 0 Å². The lowest BCUT2D eigenvalue weighted by molar-refractivity contribution is 0.0697. The van der Waals surface area contributed by atoms with Gasteiger partial charge in [0.05, 0.1) is 10.6 Å². The van der Waals surface area contributed by atoms with Crippen molar-refractivity contribution in [2.45, 2.75) is 25.7 Å². The number of aromatic nitrogens is 1. The standard InChI is InChI=1S/C13H15ClN2O2/c14-10-9(12(17)18)3-6-15-11(10)16-7-13(4-5-13)8-1-2-8/h3,6,8H,1-2,4-5,7H2,(H,15,16)(H,17,18). The first kappa shape index (κ1) is 11.8. The van der Waals surface area contributed by atoms with Crippen molar-refractivity contribution in [3.63, 3.8) is 0 Å². The van der Waals surface area contributed by atoms with Gasteiger partial charge in [-0.3, -0.25) is 0 Å². The Bertz CT molecular complexity index is 496. The Morgan fingerprint density at radius 3 is 2.83 bits per heavy atom. The van der Waals surface area contributed by atoms with E-state index in [9.17, 15) is 4.79 Å². The number of nitrogens with one attached hydrogen (secondary N) is 1. The Morgan fingerprint density at radius 2 is 2.28 bits per heavy atom. The zero-order valence-electron chi connectivity index (χ0n) is 9.95. The maximum absolute atomic E-state index is 11.0. The first-order valence-electron chi connectivity index (χ1n) is 6.24. The number of aromatic carboxylic acids is 1. The van der Waals surface area contributed by atoms with Crippen molar-refractivity contribution in [2.75, 3.05) is 11.9 Å². The van der Waals surface area contributed by atoms with Crippen molar-refractivity contribution in [1.82, 2.24) is 4.98 Å². The van der Waals surface area contributed by atoms with E-state index < -0.39 is 5.97 Å². The smallest absolute Gasteiger partial charge is 0.337 e. The molecule has 0 atom stereocenters. The number of pyridine rings is 1. The highest BCUT2D eigenvalue weighted by atomic mass is 35.5. The monoisotopic (exact) mass is 266 g/mol. The molecule has 0 radical (unpaired) electrons. The van der Waals surface area contributed by atoms with Crippen LogP contribution in [0.5, 0.6) is 0 Å². The fourth-order valence-corrected chi connectivity index (χ4v) is 2.84. The van der Waals surface area contributed by atoms with Crippen LogP contribution in [0, 0.1) is 11.3 Å². The lowest BCUT2D eigenvalue weighted by Gasteiger charge is -2.16. The molecule has 2 aliphatic rings. The number of halogens is 1. The van der Waals surface area contributed by atoms with E-state index in [1.807, 2.05) is 0 Å². The predicted octanol–water partition coefficient (Wildman–Crippen LogP) is 3.04. The second-order valence-corrected chi connectivity index (χ2v) is 5.69. The summed E-state index contributed by atoms with van der Waals surface area (Å²) in [5, 5.41) is 12.4. The van der Waals surface area contributed by atoms with Crippen molar-refractivity contribution >= 4 is 23.4 Å². The summed E-state index contributed by atoms with van der Waals surface area (Å²) < 4.78 is 0. The Hall–Kier alpha value is -1.29. The molecule has 2 fully saturated rings. The minimum Gasteiger partial charge on any atom is -0.478 e. The molecule has 4 nitrogen and oxygen atoms in total. The van der Waals surface area contributed by atoms with Crippen LogP contribution in [-0.4, -0.2) is 22.6 Å². The maximum Gasteiger partial charge on any atom is 0.337 e. The van der Waals surface area contributed by atoms with Crippen molar-refractivity contribution in [2.24, 2.45) is 11.3 Å². The summed E-state index contributed by atoms with van der Waals surface area (Å²) >= 11 is 6.04. The lowest BCUT2D eigenvalue weighted by Crippen LogP contribution is -2.18. The number of hydrogen-bond acceptors (Lipinski definition) is 3. The summed E-state index contributed by atoms with van der Waals surface area (Å²) in [4.78, 5) is 15.1. The molecule has 18 heavy (non-hydrogen) atoms. The number of carboxylic acid groups (broad SMARTS) is 1. The van der Waals surface area contributed by atoms with Gasteiger partial charge in [0.2, 0.25) is 0 Å². The minimum atomic E-state index is -1.02. The topological polar surface area (TPSA) is 62.2 Å². The number of carboxylic acids is 1. The molecule has 2 saturated carbocycles. The summed E-state index contributed by atoms with van der Waals surface area (Å²) in [6.45, 7) is 0.855. The van der Waals surface area contributed by atoms with Gasteiger partial charge in [-0.25, -0.2) is 9.78 Å². The number of nitrogens with zero attached hydrogens (tertiary/aromatic N) is 1. The molecule has 0 aromatic carbocycles. The zero-order valence-corrected chi connectivity index (χ0v) is 10.7. The van der Waals surface area contributed by atoms with Crippen LogP contribution in [0.4, 0.5) is 5.82 Å². The first-order chi connectivity index (χ1) is 8.62. The molecule has 0 unspecified atom stereocenters. The summed E-state index contributed by atoms with van der Waals surface area (Å²) in [5.41, 5.74) is 0.537. The molecular weight excluding hydrogens is 252 g/mol. The highest BCUT2D eigenvalue weighted by molar-refractivity contribution is 6.35. The fourth-order valence-electron chi connectivity index (χ4n) is 2.58. The molecule has 0 aliphatic heterocycles. The molecule has 1 heterocycles. The van der Waals surface area contributed by atoms with Gasteiger partial charge in [-0.15, -0.1) is 0 Å². The molecule has 96 valence electrons. The van der Waals surface area contributed by atoms with E-state index in [1.165, 1.54) is 37.9 Å². The molecule has 5 heteroatoms. The predicted molar refractivity (Wildman–Crippen MR) is 69.1 cm³/mol. The van der Waals surface area contributed by atoms with Gasteiger partial charge < -0.3 is 10.4 Å². The average Bonchev–Trinajstić information content (AvgIpc) is 3.19. The Kier molecular flexibility index (Phi) is 2.70. The summed E-state index contributed by atoms with van der Waals surface area (Å²) in [5.74, 6) is 0.323. The van der Waals surface area contributed by atoms with Gasteiger partial charge in [0.15, 0.2) is 0 Å². The van der Waals surface area contributed by atoms with Crippen LogP contribution in [-0.2, 0) is 0 Å². The molecule has 0 saturated heterocycles. The quantitative estimate of drug-likeness (QED) is 0.860. The number of carbonyl (C=O) groups is 1. The van der Waals surface area contributed by atoms with Gasteiger partial charge in [-0.1, -0.05) is 11.6 Å². The van der Waals surface area contributed by atoms with Crippen molar-refractivity contribution in [3.05, 3.63) is 22.8 Å². The second-order valence-electron chi connectivity index (χ2n) is 5.32. The van der Waals surface area contributed by atoms with E-state index in [0.717, 1.165) is 12.5 Å². The van der Waals surface area contributed by atoms with Crippen LogP contribution in [0.15, 0.2) is 12.3 Å². The minimum absolute atomic E-state index is 0.102. The molecule has 0 bridgehead atoms. The van der Waals surface area contributed by atoms with Gasteiger partial charge in [0.25, 0.3) is 0 Å². The van der Waals surface area contributed by atoms with Crippen molar-refractivity contribution in [3.8, 4) is 0 Å². The molecule has 2 aliphatic carbocycles. The van der Waals surface area contributed by atoms with Crippen LogP contribution in [0.3, 0.4) is 0 Å². The molecular formula is C13H15ClN2O2. The third-order valence-corrected chi connectivity index (χ3v) is 4.45. The van der Waals surface area contributed by atoms with E-state index in [1.54, 1.807) is 0 Å². The van der Waals surface area contributed by atoms with Gasteiger partial charge >= 0.3 is 5.97 Å². The SMILES string of the molecule is O=C(O)c1ccnc(NCC2(C3CC3)CC2)c1Cl. The highest BCUT2D eigenvalue weighted by Crippen LogP contribution is 2.61. The average molecular weight is 267 g/mol. The maximum atomic E-state index is 11.0. The molecule has 3 rings (SSSR count). The van der Waals surface area contributed by atoms with E-state index in [4.69, 9.17) is 16.7 Å². The van der Waals surface area contributed by atoms with E-state index in [-0.39, 0.29) is 10.6 Å². The van der Waals surface area contributed by atoms with Gasteiger partial charge in [-0.2, -0.15) is 0 Å². The largest absolute Gasteiger partial charge is 0.478 e. The molecule has 0 amide bonds. The first-order valence-corrected chi connectivity index (χ1v) is 6.62. The van der Waals surface area contributed by atoms with Crippen LogP contribution in [0.2, 0.25) is 5.02 Å². The molecule has 0 spiro atoms. The van der Waals surface area contributed by atoms with E-state index in [2.05, 4.69) is 10.3 Å². The number of anilines is 1. The summed E-state index contributed by atoms with van der Waals surface area (Å²) in [6, 6.07) is 1.42. The fraction of sp³-hybridized carbons (Fsp3) is 0.538. The Labute approximate surface area is 110 Å².